The summed E-state index contributed by atoms with van der Waals surface area (Å²) in [6.07, 6.45) is 4.43. The third kappa shape index (κ3) is 4.68. The lowest BCUT2D eigenvalue weighted by Gasteiger charge is -2.32. The monoisotopic (exact) mass is 340 g/mol. The van der Waals surface area contributed by atoms with Crippen molar-refractivity contribution in [1.29, 1.82) is 0 Å². The summed E-state index contributed by atoms with van der Waals surface area (Å²) in [7, 11) is 0. The van der Waals surface area contributed by atoms with Gasteiger partial charge >= 0.3 is 0 Å². The number of aromatic nitrogens is 2. The second-order valence-corrected chi connectivity index (χ2v) is 6.19. The van der Waals surface area contributed by atoms with Gasteiger partial charge < -0.3 is 15.0 Å². The maximum atomic E-state index is 12.6. The number of benzene rings is 1. The van der Waals surface area contributed by atoms with E-state index in [0.29, 0.717) is 18.2 Å². The number of hydrogen-bond acceptors (Lipinski definition) is 5. The van der Waals surface area contributed by atoms with Gasteiger partial charge in [0.05, 0.1) is 6.61 Å². The molecule has 6 heteroatoms. The average molecular weight is 340 g/mol. The molecule has 0 unspecified atom stereocenters. The van der Waals surface area contributed by atoms with Crippen molar-refractivity contribution in [3.05, 3.63) is 48.2 Å². The Morgan fingerprint density at radius 2 is 2.00 bits per heavy atom. The van der Waals surface area contributed by atoms with Crippen molar-refractivity contribution in [3.63, 3.8) is 0 Å². The van der Waals surface area contributed by atoms with E-state index < -0.39 is 0 Å². The van der Waals surface area contributed by atoms with E-state index in [1.165, 1.54) is 0 Å². The number of anilines is 1. The molecule has 0 spiro atoms. The molecule has 1 aliphatic heterocycles. The Bertz CT molecular complexity index is 668. The Kier molecular flexibility index (Phi) is 5.82. The van der Waals surface area contributed by atoms with Crippen LogP contribution in [0.15, 0.2) is 42.6 Å². The van der Waals surface area contributed by atoms with Crippen molar-refractivity contribution >= 4 is 11.7 Å². The van der Waals surface area contributed by atoms with Crippen molar-refractivity contribution in [2.24, 2.45) is 0 Å². The fraction of sp³-hybridized carbons (Fsp3) is 0.421. The van der Waals surface area contributed by atoms with E-state index in [0.717, 1.165) is 43.9 Å². The van der Waals surface area contributed by atoms with Gasteiger partial charge in [-0.1, -0.05) is 6.92 Å². The van der Waals surface area contributed by atoms with Crippen LogP contribution in [0, 0.1) is 0 Å². The smallest absolute Gasteiger partial charge is 0.253 e. The molecule has 3 rings (SSSR count). The molecule has 1 aromatic heterocycles. The number of likely N-dealkylation sites (tertiary alicyclic amines) is 1. The van der Waals surface area contributed by atoms with E-state index in [2.05, 4.69) is 22.4 Å². The molecule has 0 saturated carbocycles. The number of rotatable bonds is 6. The van der Waals surface area contributed by atoms with Crippen LogP contribution in [-0.2, 0) is 0 Å². The number of carbonyl (C=O) groups excluding carboxylic acids is 1. The highest BCUT2D eigenvalue weighted by Crippen LogP contribution is 2.19. The van der Waals surface area contributed by atoms with Gasteiger partial charge in [0.2, 0.25) is 0 Å². The van der Waals surface area contributed by atoms with Crippen LogP contribution in [0.25, 0.3) is 0 Å². The van der Waals surface area contributed by atoms with Gasteiger partial charge in [0.1, 0.15) is 11.6 Å². The lowest BCUT2D eigenvalue weighted by Crippen LogP contribution is -2.42. The minimum absolute atomic E-state index is 0.0833. The average Bonchev–Trinajstić information content (AvgIpc) is 2.68. The zero-order valence-electron chi connectivity index (χ0n) is 14.5. The van der Waals surface area contributed by atoms with E-state index in [4.69, 9.17) is 4.74 Å². The zero-order valence-corrected chi connectivity index (χ0v) is 14.5. The van der Waals surface area contributed by atoms with Crippen LogP contribution < -0.4 is 10.1 Å². The maximum Gasteiger partial charge on any atom is 0.253 e. The quantitative estimate of drug-likeness (QED) is 0.875. The van der Waals surface area contributed by atoms with Gasteiger partial charge in [-0.05, 0) is 55.7 Å². The molecular weight excluding hydrogens is 316 g/mol. The van der Waals surface area contributed by atoms with Crippen LogP contribution in [0.3, 0.4) is 0 Å². The predicted molar refractivity (Wildman–Crippen MR) is 96.8 cm³/mol. The molecule has 0 aliphatic carbocycles. The Morgan fingerprint density at radius 3 is 2.64 bits per heavy atom. The molecule has 1 saturated heterocycles. The topological polar surface area (TPSA) is 67.3 Å². The lowest BCUT2D eigenvalue weighted by molar-refractivity contribution is 0.0718. The van der Waals surface area contributed by atoms with Gasteiger partial charge in [0, 0.05) is 30.9 Å². The van der Waals surface area contributed by atoms with Crippen LogP contribution in [0.2, 0.25) is 0 Å². The summed E-state index contributed by atoms with van der Waals surface area (Å²) in [5, 5.41) is 11.3. The molecular formula is C19H24N4O2. The van der Waals surface area contributed by atoms with E-state index in [-0.39, 0.29) is 5.91 Å². The molecule has 0 radical (unpaired) electrons. The zero-order chi connectivity index (χ0) is 17.5. The van der Waals surface area contributed by atoms with Gasteiger partial charge in [-0.3, -0.25) is 4.79 Å². The van der Waals surface area contributed by atoms with Gasteiger partial charge in [0.15, 0.2) is 0 Å². The standard InChI is InChI=1S/C19H24N4O2/c1-2-14-25-17-7-5-15(6-8-17)19(24)23-12-9-16(10-13-23)21-18-4-3-11-20-22-18/h3-8,11,16H,2,9-10,12-14H2,1H3,(H,21,22). The van der Waals surface area contributed by atoms with Crippen LogP contribution in [0.5, 0.6) is 5.75 Å². The highest BCUT2D eigenvalue weighted by Gasteiger charge is 2.23. The molecule has 2 aromatic rings. The van der Waals surface area contributed by atoms with Gasteiger partial charge in [-0.15, -0.1) is 5.10 Å². The van der Waals surface area contributed by atoms with E-state index >= 15 is 0 Å². The van der Waals surface area contributed by atoms with Crippen molar-refractivity contribution in [1.82, 2.24) is 15.1 Å². The first-order chi connectivity index (χ1) is 12.3. The molecule has 2 heterocycles. The molecule has 0 bridgehead atoms. The number of nitrogens with zero attached hydrogens (tertiary/aromatic N) is 3. The largest absolute Gasteiger partial charge is 0.494 e. The Balaban J connectivity index is 1.51. The summed E-state index contributed by atoms with van der Waals surface area (Å²) in [6, 6.07) is 11.5. The third-order valence-corrected chi connectivity index (χ3v) is 4.28. The highest BCUT2D eigenvalue weighted by atomic mass is 16.5. The normalized spacial score (nSPS) is 15.0. The molecule has 0 atom stereocenters. The fourth-order valence-electron chi connectivity index (χ4n) is 2.91. The summed E-state index contributed by atoms with van der Waals surface area (Å²) in [4.78, 5) is 14.5. The molecule has 1 fully saturated rings. The summed E-state index contributed by atoms with van der Waals surface area (Å²) >= 11 is 0. The highest BCUT2D eigenvalue weighted by molar-refractivity contribution is 5.94. The number of amides is 1. The minimum atomic E-state index is 0.0833. The number of hydrogen-bond donors (Lipinski definition) is 1. The Hall–Kier alpha value is -2.63. The van der Waals surface area contributed by atoms with E-state index in [1.54, 1.807) is 6.20 Å². The number of piperidine rings is 1. The molecule has 25 heavy (non-hydrogen) atoms. The molecule has 1 amide bonds. The van der Waals surface area contributed by atoms with Crippen LogP contribution in [0.1, 0.15) is 36.5 Å². The van der Waals surface area contributed by atoms with Gasteiger partial charge in [0.25, 0.3) is 5.91 Å². The third-order valence-electron chi connectivity index (χ3n) is 4.28. The lowest BCUT2D eigenvalue weighted by atomic mass is 10.0. The molecule has 132 valence electrons. The van der Waals surface area contributed by atoms with Crippen molar-refractivity contribution in [2.45, 2.75) is 32.2 Å². The maximum absolute atomic E-state index is 12.6. The second-order valence-electron chi connectivity index (χ2n) is 6.19. The Labute approximate surface area is 148 Å². The molecule has 1 aliphatic rings. The van der Waals surface area contributed by atoms with Crippen LogP contribution >= 0.6 is 0 Å². The fourth-order valence-corrected chi connectivity index (χ4v) is 2.91. The SMILES string of the molecule is CCCOc1ccc(C(=O)N2CCC(Nc3cccnn3)CC2)cc1. The summed E-state index contributed by atoms with van der Waals surface area (Å²) in [5.74, 6) is 1.68. The van der Waals surface area contributed by atoms with Gasteiger partial charge in [-0.25, -0.2) is 0 Å². The van der Waals surface area contributed by atoms with E-state index in [1.807, 2.05) is 41.3 Å². The Morgan fingerprint density at radius 1 is 1.24 bits per heavy atom. The number of carbonyl (C=O) groups is 1. The first-order valence-corrected chi connectivity index (χ1v) is 8.82. The predicted octanol–water partition coefficient (Wildman–Crippen LogP) is 2.98. The second kappa shape index (κ2) is 8.46. The summed E-state index contributed by atoms with van der Waals surface area (Å²) in [5.41, 5.74) is 0.712. The number of ether oxygens (including phenoxy) is 1. The molecule has 1 aromatic carbocycles. The van der Waals surface area contributed by atoms with Crippen molar-refractivity contribution in [3.8, 4) is 5.75 Å². The minimum Gasteiger partial charge on any atom is -0.494 e. The first kappa shape index (κ1) is 17.2. The van der Waals surface area contributed by atoms with Crippen LogP contribution in [0.4, 0.5) is 5.82 Å². The molecule has 1 N–H and O–H groups in total. The van der Waals surface area contributed by atoms with Crippen LogP contribution in [-0.4, -0.2) is 46.7 Å². The van der Waals surface area contributed by atoms with E-state index in [9.17, 15) is 4.79 Å². The number of nitrogens with one attached hydrogen (secondary N) is 1. The molecule has 6 nitrogen and oxygen atoms in total. The summed E-state index contributed by atoms with van der Waals surface area (Å²) in [6.45, 7) is 4.25. The van der Waals surface area contributed by atoms with Gasteiger partial charge in [-0.2, -0.15) is 5.10 Å². The summed E-state index contributed by atoms with van der Waals surface area (Å²) < 4.78 is 5.56. The van der Waals surface area contributed by atoms with Crippen molar-refractivity contribution in [2.75, 3.05) is 25.0 Å². The van der Waals surface area contributed by atoms with Crippen molar-refractivity contribution < 1.29 is 9.53 Å². The first-order valence-electron chi connectivity index (χ1n) is 8.82.